The SMILES string of the molecule is C=CC1=C(/C=C\C)C(C(C(C)=O)C(=O)/C(C)=C/C=C(/F)C=C)c2ccccc2S1. The van der Waals surface area contributed by atoms with Gasteiger partial charge < -0.3 is 0 Å². The minimum Gasteiger partial charge on any atom is -0.299 e. The van der Waals surface area contributed by atoms with E-state index in [4.69, 9.17) is 0 Å². The van der Waals surface area contributed by atoms with Crippen LogP contribution in [0.25, 0.3) is 0 Å². The van der Waals surface area contributed by atoms with E-state index in [-0.39, 0.29) is 11.6 Å². The Hall–Kier alpha value is -2.72. The lowest BCUT2D eigenvalue weighted by Crippen LogP contribution is -2.31. The van der Waals surface area contributed by atoms with Crippen molar-refractivity contribution >= 4 is 23.3 Å². The first kappa shape index (κ1) is 22.6. The molecule has 1 heterocycles. The van der Waals surface area contributed by atoms with E-state index in [0.29, 0.717) is 5.57 Å². The summed E-state index contributed by atoms with van der Waals surface area (Å²) in [5.41, 5.74) is 2.14. The molecule has 2 atom stereocenters. The first-order valence-corrected chi connectivity index (χ1v) is 10.1. The highest BCUT2D eigenvalue weighted by molar-refractivity contribution is 8.03. The summed E-state index contributed by atoms with van der Waals surface area (Å²) in [6.07, 6.45) is 9.23. The van der Waals surface area contributed by atoms with E-state index in [1.807, 2.05) is 43.3 Å². The predicted octanol–water partition coefficient (Wildman–Crippen LogP) is 6.65. The minimum absolute atomic E-state index is 0.229. The minimum atomic E-state index is -0.908. The molecule has 0 radical (unpaired) electrons. The number of rotatable bonds is 8. The van der Waals surface area contributed by atoms with Gasteiger partial charge in [0.15, 0.2) is 5.78 Å². The molecule has 0 N–H and O–H groups in total. The highest BCUT2D eigenvalue weighted by atomic mass is 32.2. The van der Waals surface area contributed by atoms with Crippen LogP contribution >= 0.6 is 11.8 Å². The number of Topliss-reactive ketones (excluding diaryl/α,β-unsaturated/α-hetero) is 2. The van der Waals surface area contributed by atoms with Crippen molar-refractivity contribution in [3.8, 4) is 0 Å². The zero-order valence-electron chi connectivity index (χ0n) is 16.9. The van der Waals surface area contributed by atoms with E-state index in [2.05, 4.69) is 13.2 Å². The van der Waals surface area contributed by atoms with Crippen molar-refractivity contribution in [2.45, 2.75) is 31.6 Å². The molecule has 0 aliphatic carbocycles. The standard InChI is InChI=1S/C25H25FO2S/c1-6-11-19-21(8-3)29-22-13-10-9-12-20(22)24(19)23(17(5)27)25(28)16(4)14-15-18(26)7-2/h6-15,23-24H,2-3H2,1,4-5H3/b11-6-,16-14+,18-15+. The van der Waals surface area contributed by atoms with Gasteiger partial charge in [-0.15, -0.1) is 0 Å². The maximum absolute atomic E-state index is 13.4. The number of carbonyl (C=O) groups excluding carboxylic acids is 2. The molecule has 0 saturated carbocycles. The Bertz CT molecular complexity index is 963. The summed E-state index contributed by atoms with van der Waals surface area (Å²) in [6.45, 7) is 12.2. The first-order chi connectivity index (χ1) is 13.8. The van der Waals surface area contributed by atoms with Crippen molar-refractivity contribution in [2.24, 2.45) is 5.92 Å². The van der Waals surface area contributed by atoms with Crippen LogP contribution in [0.3, 0.4) is 0 Å². The first-order valence-electron chi connectivity index (χ1n) is 9.32. The van der Waals surface area contributed by atoms with Crippen LogP contribution in [-0.4, -0.2) is 11.6 Å². The van der Waals surface area contributed by atoms with E-state index < -0.39 is 17.7 Å². The van der Waals surface area contributed by atoms with Crippen molar-refractivity contribution in [3.63, 3.8) is 0 Å². The van der Waals surface area contributed by atoms with E-state index in [1.54, 1.807) is 24.8 Å². The Morgan fingerprint density at radius 3 is 2.45 bits per heavy atom. The summed E-state index contributed by atoms with van der Waals surface area (Å²) in [5.74, 6) is -2.43. The number of benzene rings is 1. The number of allylic oxidation sites excluding steroid dienone is 9. The van der Waals surface area contributed by atoms with Gasteiger partial charge in [-0.25, -0.2) is 4.39 Å². The predicted molar refractivity (Wildman–Crippen MR) is 119 cm³/mol. The van der Waals surface area contributed by atoms with Crippen LogP contribution < -0.4 is 0 Å². The lowest BCUT2D eigenvalue weighted by Gasteiger charge is -2.32. The number of halogens is 1. The Kier molecular flexibility index (Phi) is 7.91. The fraction of sp³-hybridized carbons (Fsp3) is 0.200. The van der Waals surface area contributed by atoms with Crippen molar-refractivity contribution in [3.05, 3.63) is 101 Å². The summed E-state index contributed by atoms with van der Waals surface area (Å²) in [7, 11) is 0. The molecule has 1 aromatic carbocycles. The molecule has 150 valence electrons. The average molecular weight is 409 g/mol. The molecular weight excluding hydrogens is 383 g/mol. The third-order valence-electron chi connectivity index (χ3n) is 4.76. The molecule has 0 saturated heterocycles. The van der Waals surface area contributed by atoms with Crippen LogP contribution in [0.15, 0.2) is 101 Å². The van der Waals surface area contributed by atoms with Gasteiger partial charge in [0.1, 0.15) is 11.6 Å². The van der Waals surface area contributed by atoms with Gasteiger partial charge in [0, 0.05) is 15.7 Å². The summed E-state index contributed by atoms with van der Waals surface area (Å²) >= 11 is 1.58. The molecule has 2 nitrogen and oxygen atoms in total. The Morgan fingerprint density at radius 2 is 1.86 bits per heavy atom. The molecule has 0 bridgehead atoms. The number of ketones is 2. The summed E-state index contributed by atoms with van der Waals surface area (Å²) in [4.78, 5) is 27.9. The number of hydrogen-bond acceptors (Lipinski definition) is 3. The molecule has 1 aliphatic rings. The van der Waals surface area contributed by atoms with Crippen molar-refractivity contribution in [1.82, 2.24) is 0 Å². The molecule has 29 heavy (non-hydrogen) atoms. The van der Waals surface area contributed by atoms with Gasteiger partial charge in [0.05, 0.1) is 5.92 Å². The number of carbonyl (C=O) groups is 2. The summed E-state index contributed by atoms with van der Waals surface area (Å²) < 4.78 is 13.4. The van der Waals surface area contributed by atoms with E-state index in [9.17, 15) is 14.0 Å². The highest BCUT2D eigenvalue weighted by Crippen LogP contribution is 2.49. The molecule has 1 aromatic rings. The number of hydrogen-bond donors (Lipinski definition) is 0. The van der Waals surface area contributed by atoms with Gasteiger partial charge >= 0.3 is 0 Å². The highest BCUT2D eigenvalue weighted by Gasteiger charge is 2.39. The second-order valence-corrected chi connectivity index (χ2v) is 7.78. The second kappa shape index (κ2) is 10.2. The fourth-order valence-corrected chi connectivity index (χ4v) is 4.48. The van der Waals surface area contributed by atoms with Crippen LogP contribution in [0.4, 0.5) is 4.39 Å². The average Bonchev–Trinajstić information content (AvgIpc) is 2.72. The molecule has 2 unspecified atom stereocenters. The lowest BCUT2D eigenvalue weighted by atomic mass is 9.74. The second-order valence-electron chi connectivity index (χ2n) is 6.70. The quantitative estimate of drug-likeness (QED) is 0.274. The summed E-state index contributed by atoms with van der Waals surface area (Å²) in [6, 6.07) is 7.78. The van der Waals surface area contributed by atoms with Gasteiger partial charge in [-0.1, -0.05) is 67.4 Å². The lowest BCUT2D eigenvalue weighted by molar-refractivity contribution is -0.130. The smallest absolute Gasteiger partial charge is 0.169 e. The summed E-state index contributed by atoms with van der Waals surface area (Å²) in [5, 5.41) is 0. The van der Waals surface area contributed by atoms with E-state index >= 15 is 0 Å². The number of fused-ring (bicyclic) bond motifs is 1. The number of thioether (sulfide) groups is 1. The zero-order valence-corrected chi connectivity index (χ0v) is 17.8. The third kappa shape index (κ3) is 5.01. The van der Waals surface area contributed by atoms with E-state index in [1.165, 1.54) is 19.1 Å². The molecule has 0 aromatic heterocycles. The monoisotopic (exact) mass is 408 g/mol. The fourth-order valence-electron chi connectivity index (χ4n) is 3.38. The Labute approximate surface area is 176 Å². The van der Waals surface area contributed by atoms with Gasteiger partial charge in [0.25, 0.3) is 0 Å². The third-order valence-corrected chi connectivity index (χ3v) is 5.97. The molecule has 2 rings (SSSR count). The van der Waals surface area contributed by atoms with Gasteiger partial charge in [-0.3, -0.25) is 9.59 Å². The van der Waals surface area contributed by atoms with Gasteiger partial charge in [-0.05, 0) is 55.7 Å². The maximum Gasteiger partial charge on any atom is 0.169 e. The molecular formula is C25H25FO2S. The molecule has 0 fully saturated rings. The Morgan fingerprint density at radius 1 is 1.17 bits per heavy atom. The van der Waals surface area contributed by atoms with Gasteiger partial charge in [0.2, 0.25) is 0 Å². The van der Waals surface area contributed by atoms with Crippen molar-refractivity contribution in [1.29, 1.82) is 0 Å². The van der Waals surface area contributed by atoms with E-state index in [0.717, 1.165) is 27.0 Å². The Balaban J connectivity index is 2.67. The van der Waals surface area contributed by atoms with Crippen LogP contribution in [0.1, 0.15) is 32.3 Å². The molecule has 0 spiro atoms. The van der Waals surface area contributed by atoms with Crippen LogP contribution in [0, 0.1) is 5.92 Å². The van der Waals surface area contributed by atoms with Crippen LogP contribution in [-0.2, 0) is 9.59 Å². The maximum atomic E-state index is 13.4. The molecule has 0 amide bonds. The van der Waals surface area contributed by atoms with Crippen molar-refractivity contribution in [2.75, 3.05) is 0 Å². The van der Waals surface area contributed by atoms with Crippen LogP contribution in [0.2, 0.25) is 0 Å². The molecule has 1 aliphatic heterocycles. The normalized spacial score (nSPS) is 18.4. The zero-order chi connectivity index (χ0) is 21.6. The van der Waals surface area contributed by atoms with Crippen molar-refractivity contribution < 1.29 is 14.0 Å². The topological polar surface area (TPSA) is 34.1 Å². The van der Waals surface area contributed by atoms with Crippen LogP contribution in [0.5, 0.6) is 0 Å². The van der Waals surface area contributed by atoms with Gasteiger partial charge in [-0.2, -0.15) is 0 Å². The molecule has 4 heteroatoms. The largest absolute Gasteiger partial charge is 0.299 e.